The topological polar surface area (TPSA) is 86.3 Å². The van der Waals surface area contributed by atoms with Crippen LogP contribution in [-0.4, -0.2) is 77.0 Å². The van der Waals surface area contributed by atoms with E-state index in [2.05, 4.69) is 5.32 Å². The van der Waals surface area contributed by atoms with Crippen molar-refractivity contribution >= 4 is 5.97 Å². The lowest BCUT2D eigenvalue weighted by Gasteiger charge is -2.27. The fraction of sp³-hybridized carbons (Fsp3) is 0.923. The van der Waals surface area contributed by atoms with Gasteiger partial charge in [-0.25, -0.2) is 0 Å². The fourth-order valence-corrected chi connectivity index (χ4v) is 1.96. The minimum atomic E-state index is -0.768. The summed E-state index contributed by atoms with van der Waals surface area (Å²) in [5.74, 6) is -1.13. The van der Waals surface area contributed by atoms with Crippen LogP contribution in [0.25, 0.3) is 0 Å². The fourth-order valence-electron chi connectivity index (χ4n) is 1.96. The van der Waals surface area contributed by atoms with Gasteiger partial charge in [-0.2, -0.15) is 0 Å². The van der Waals surface area contributed by atoms with Crippen molar-refractivity contribution in [2.75, 3.05) is 59.8 Å². The smallest absolute Gasteiger partial charge is 0.307 e. The van der Waals surface area contributed by atoms with E-state index in [1.165, 1.54) is 0 Å². The number of hydrogen-bond acceptors (Lipinski definition) is 6. The number of methoxy groups -OCH3 is 1. The summed E-state index contributed by atoms with van der Waals surface area (Å²) >= 11 is 0. The molecule has 1 fully saturated rings. The number of nitrogens with one attached hydrogen (secondary N) is 1. The molecular formula is C13H25NO6. The number of carboxylic acid groups (broad SMARTS) is 1. The quantitative estimate of drug-likeness (QED) is 0.507. The van der Waals surface area contributed by atoms with Crippen molar-refractivity contribution in [1.82, 2.24) is 5.32 Å². The number of ether oxygens (including phenoxy) is 4. The first-order valence-electron chi connectivity index (χ1n) is 6.93. The highest BCUT2D eigenvalue weighted by Crippen LogP contribution is 2.13. The lowest BCUT2D eigenvalue weighted by Crippen LogP contribution is -2.43. The third kappa shape index (κ3) is 7.76. The predicted octanol–water partition coefficient (Wildman–Crippen LogP) is -0.255. The monoisotopic (exact) mass is 291 g/mol. The normalized spacial score (nSPS) is 22.9. The number of piperidine rings is 1. The van der Waals surface area contributed by atoms with Gasteiger partial charge in [0.2, 0.25) is 0 Å². The maximum Gasteiger partial charge on any atom is 0.307 e. The van der Waals surface area contributed by atoms with Crippen LogP contribution in [0.3, 0.4) is 0 Å². The molecule has 0 spiro atoms. The molecule has 7 heteroatoms. The lowest BCUT2D eigenvalue weighted by molar-refractivity contribution is -0.144. The standard InChI is InChI=1S/C13H25NO6/c1-17-2-3-18-4-5-19-6-7-20-12-8-11(13(15)16)9-14-10-12/h11-12,14H,2-10H2,1H3,(H,15,16). The van der Waals surface area contributed by atoms with Gasteiger partial charge in [-0.15, -0.1) is 0 Å². The van der Waals surface area contributed by atoms with Gasteiger partial charge in [-0.1, -0.05) is 0 Å². The van der Waals surface area contributed by atoms with Crippen molar-refractivity contribution in [2.24, 2.45) is 5.92 Å². The molecule has 1 aliphatic rings. The average molecular weight is 291 g/mol. The van der Waals surface area contributed by atoms with Crippen molar-refractivity contribution in [3.63, 3.8) is 0 Å². The molecule has 1 rings (SSSR count). The largest absolute Gasteiger partial charge is 0.481 e. The van der Waals surface area contributed by atoms with Gasteiger partial charge >= 0.3 is 5.97 Å². The summed E-state index contributed by atoms with van der Waals surface area (Å²) in [6.07, 6.45) is 0.508. The van der Waals surface area contributed by atoms with Gasteiger partial charge in [0, 0.05) is 20.2 Å². The molecule has 0 aliphatic carbocycles. The van der Waals surface area contributed by atoms with Crippen LogP contribution in [0.2, 0.25) is 0 Å². The second-order valence-corrected chi connectivity index (χ2v) is 4.64. The summed E-state index contributed by atoms with van der Waals surface area (Å²) in [5, 5.41) is 12.0. The van der Waals surface area contributed by atoms with E-state index in [0.717, 1.165) is 0 Å². The van der Waals surface area contributed by atoms with Gasteiger partial charge < -0.3 is 29.4 Å². The van der Waals surface area contributed by atoms with Gasteiger partial charge in [-0.3, -0.25) is 4.79 Å². The Bertz CT molecular complexity index is 263. The van der Waals surface area contributed by atoms with Crippen LogP contribution in [0.4, 0.5) is 0 Å². The third-order valence-corrected chi connectivity index (χ3v) is 3.04. The maximum absolute atomic E-state index is 10.9. The molecule has 1 saturated heterocycles. The second-order valence-electron chi connectivity index (χ2n) is 4.64. The molecule has 0 amide bonds. The molecule has 2 unspecified atom stereocenters. The highest BCUT2D eigenvalue weighted by Gasteiger charge is 2.26. The SMILES string of the molecule is COCCOCCOCCOC1CNCC(C(=O)O)C1. The highest BCUT2D eigenvalue weighted by atomic mass is 16.6. The van der Waals surface area contributed by atoms with Crippen molar-refractivity contribution in [3.05, 3.63) is 0 Å². The van der Waals surface area contributed by atoms with Gasteiger partial charge in [0.1, 0.15) is 0 Å². The first-order valence-corrected chi connectivity index (χ1v) is 6.93. The molecule has 20 heavy (non-hydrogen) atoms. The number of hydrogen-bond donors (Lipinski definition) is 2. The van der Waals surface area contributed by atoms with Crippen molar-refractivity contribution in [3.8, 4) is 0 Å². The summed E-state index contributed by atoms with van der Waals surface area (Å²) in [4.78, 5) is 10.9. The minimum absolute atomic E-state index is 0.0496. The van der Waals surface area contributed by atoms with Crippen LogP contribution in [0, 0.1) is 5.92 Å². The molecular weight excluding hydrogens is 266 g/mol. The van der Waals surface area contributed by atoms with E-state index in [-0.39, 0.29) is 12.0 Å². The van der Waals surface area contributed by atoms with E-state index >= 15 is 0 Å². The average Bonchev–Trinajstić information content (AvgIpc) is 2.46. The Morgan fingerprint density at radius 3 is 2.40 bits per heavy atom. The Labute approximate surface area is 119 Å². The molecule has 0 aromatic heterocycles. The Hall–Kier alpha value is -0.730. The van der Waals surface area contributed by atoms with Gasteiger partial charge in [0.15, 0.2) is 0 Å². The number of aliphatic carboxylic acids is 1. The molecule has 0 aromatic carbocycles. The summed E-state index contributed by atoms with van der Waals surface area (Å²) < 4.78 is 21.0. The number of carboxylic acids is 1. The van der Waals surface area contributed by atoms with Crippen LogP contribution in [-0.2, 0) is 23.7 Å². The molecule has 2 atom stereocenters. The van der Waals surface area contributed by atoms with E-state index in [9.17, 15) is 4.79 Å². The van der Waals surface area contributed by atoms with Crippen LogP contribution in [0.1, 0.15) is 6.42 Å². The first kappa shape index (κ1) is 17.3. The zero-order valence-corrected chi connectivity index (χ0v) is 12.0. The van der Waals surface area contributed by atoms with Crippen LogP contribution in [0.5, 0.6) is 0 Å². The molecule has 118 valence electrons. The molecule has 1 aliphatic heterocycles. The van der Waals surface area contributed by atoms with E-state index in [1.54, 1.807) is 7.11 Å². The summed E-state index contributed by atoms with van der Waals surface area (Å²) in [6, 6.07) is 0. The molecule has 0 saturated carbocycles. The van der Waals surface area contributed by atoms with Gasteiger partial charge in [0.25, 0.3) is 0 Å². The molecule has 2 N–H and O–H groups in total. The van der Waals surface area contributed by atoms with E-state index in [4.69, 9.17) is 24.1 Å². The van der Waals surface area contributed by atoms with Crippen LogP contribution in [0.15, 0.2) is 0 Å². The zero-order valence-electron chi connectivity index (χ0n) is 12.0. The van der Waals surface area contributed by atoms with E-state index in [1.807, 2.05) is 0 Å². The van der Waals surface area contributed by atoms with Crippen molar-refractivity contribution in [1.29, 1.82) is 0 Å². The van der Waals surface area contributed by atoms with E-state index in [0.29, 0.717) is 59.2 Å². The molecule has 0 bridgehead atoms. The molecule has 1 heterocycles. The van der Waals surface area contributed by atoms with Crippen molar-refractivity contribution in [2.45, 2.75) is 12.5 Å². The molecule has 0 radical (unpaired) electrons. The first-order chi connectivity index (χ1) is 9.74. The summed E-state index contributed by atoms with van der Waals surface area (Å²) in [6.45, 7) is 4.39. The Kier molecular flexibility index (Phi) is 9.52. The minimum Gasteiger partial charge on any atom is -0.481 e. The summed E-state index contributed by atoms with van der Waals surface area (Å²) in [5.41, 5.74) is 0. The lowest BCUT2D eigenvalue weighted by atomic mass is 9.98. The molecule has 0 aromatic rings. The zero-order chi connectivity index (χ0) is 14.6. The number of carbonyl (C=O) groups is 1. The predicted molar refractivity (Wildman–Crippen MR) is 71.9 cm³/mol. The van der Waals surface area contributed by atoms with Gasteiger partial charge in [-0.05, 0) is 6.42 Å². The number of rotatable bonds is 11. The maximum atomic E-state index is 10.9. The van der Waals surface area contributed by atoms with Crippen LogP contribution >= 0.6 is 0 Å². The molecule has 7 nitrogen and oxygen atoms in total. The Balaban J connectivity index is 1.92. The Morgan fingerprint density at radius 2 is 1.75 bits per heavy atom. The van der Waals surface area contributed by atoms with Gasteiger partial charge in [0.05, 0.1) is 51.7 Å². The highest BCUT2D eigenvalue weighted by molar-refractivity contribution is 5.70. The Morgan fingerprint density at radius 1 is 1.10 bits per heavy atom. The third-order valence-electron chi connectivity index (χ3n) is 3.04. The van der Waals surface area contributed by atoms with Crippen LogP contribution < -0.4 is 5.32 Å². The van der Waals surface area contributed by atoms with Crippen molar-refractivity contribution < 1.29 is 28.8 Å². The van der Waals surface area contributed by atoms with E-state index < -0.39 is 5.97 Å². The second kappa shape index (κ2) is 11.0. The summed E-state index contributed by atoms with van der Waals surface area (Å²) in [7, 11) is 1.63.